The molecule has 1 amide bonds. The first-order valence-corrected chi connectivity index (χ1v) is 9.58. The van der Waals surface area contributed by atoms with E-state index in [1.54, 1.807) is 24.5 Å². The van der Waals surface area contributed by atoms with Gasteiger partial charge in [0.25, 0.3) is 0 Å². The summed E-state index contributed by atoms with van der Waals surface area (Å²) in [7, 11) is -3.00. The molecule has 24 heavy (non-hydrogen) atoms. The van der Waals surface area contributed by atoms with Crippen LogP contribution in [0.1, 0.15) is 11.6 Å². The maximum absolute atomic E-state index is 12.9. The number of sulfone groups is 1. The Hall–Kier alpha value is -2.25. The quantitative estimate of drug-likeness (QED) is 0.908. The first-order chi connectivity index (χ1) is 11.6. The molecule has 2 heterocycles. The van der Waals surface area contributed by atoms with Gasteiger partial charge in [0.1, 0.15) is 6.04 Å². The van der Waals surface area contributed by atoms with Crippen LogP contribution in [0.2, 0.25) is 0 Å². The predicted octanol–water partition coefficient (Wildman–Crippen LogP) is 1.49. The Labute approximate surface area is 141 Å². The van der Waals surface area contributed by atoms with Crippen LogP contribution in [-0.2, 0) is 14.6 Å². The second kappa shape index (κ2) is 7.11. The maximum Gasteiger partial charge on any atom is 0.246 e. The summed E-state index contributed by atoms with van der Waals surface area (Å²) in [6.45, 7) is 0.706. The molecule has 0 spiro atoms. The zero-order valence-electron chi connectivity index (χ0n) is 13.1. The number of nitrogens with zero attached hydrogens (tertiary/aromatic N) is 2. The number of amides is 1. The predicted molar refractivity (Wildman–Crippen MR) is 92.3 cm³/mol. The maximum atomic E-state index is 12.9. The van der Waals surface area contributed by atoms with Crippen LogP contribution in [0.4, 0.5) is 5.69 Å². The lowest BCUT2D eigenvalue weighted by atomic mass is 10.0. The molecule has 0 bridgehead atoms. The Morgan fingerprint density at radius 3 is 2.29 bits per heavy atom. The fourth-order valence-corrected chi connectivity index (χ4v) is 4.02. The van der Waals surface area contributed by atoms with Crippen molar-refractivity contribution in [3.05, 3.63) is 60.4 Å². The topological polar surface area (TPSA) is 79.4 Å². The summed E-state index contributed by atoms with van der Waals surface area (Å²) in [5.74, 6) is -0.00993. The van der Waals surface area contributed by atoms with Crippen LogP contribution in [0.25, 0.3) is 0 Å². The van der Waals surface area contributed by atoms with Gasteiger partial charge < -0.3 is 5.32 Å². The summed E-state index contributed by atoms with van der Waals surface area (Å²) >= 11 is 0. The van der Waals surface area contributed by atoms with Crippen LogP contribution in [0.5, 0.6) is 0 Å². The Morgan fingerprint density at radius 2 is 1.67 bits per heavy atom. The molecule has 1 fully saturated rings. The molecule has 126 valence electrons. The average Bonchev–Trinajstić information content (AvgIpc) is 2.58. The minimum absolute atomic E-state index is 0.0822. The van der Waals surface area contributed by atoms with Gasteiger partial charge >= 0.3 is 0 Å². The van der Waals surface area contributed by atoms with Gasteiger partial charge in [-0.05, 0) is 17.7 Å². The van der Waals surface area contributed by atoms with Crippen LogP contribution < -0.4 is 5.32 Å². The molecule has 1 aromatic carbocycles. The summed E-state index contributed by atoms with van der Waals surface area (Å²) in [6.07, 6.45) is 3.22. The van der Waals surface area contributed by atoms with E-state index in [1.165, 1.54) is 0 Å². The van der Waals surface area contributed by atoms with E-state index in [0.29, 0.717) is 18.8 Å². The van der Waals surface area contributed by atoms with Gasteiger partial charge in [0.2, 0.25) is 5.91 Å². The van der Waals surface area contributed by atoms with Crippen molar-refractivity contribution in [2.75, 3.05) is 29.9 Å². The number of carbonyl (C=O) groups is 1. The molecule has 1 aromatic heterocycles. The van der Waals surface area contributed by atoms with E-state index in [0.717, 1.165) is 5.56 Å². The van der Waals surface area contributed by atoms with Crippen molar-refractivity contribution < 1.29 is 13.2 Å². The standard InChI is InChI=1S/C17H19N3O3S/c21-17(19-15-6-8-18-9-7-15)16(14-4-2-1-3-5-14)20-10-12-24(22,23)13-11-20/h1-9,16H,10-13H2,(H,18,19,21). The van der Waals surface area contributed by atoms with Gasteiger partial charge in [0, 0.05) is 31.2 Å². The van der Waals surface area contributed by atoms with E-state index >= 15 is 0 Å². The number of nitrogens with one attached hydrogen (secondary N) is 1. The van der Waals surface area contributed by atoms with Gasteiger partial charge in [-0.2, -0.15) is 0 Å². The smallest absolute Gasteiger partial charge is 0.246 e. The number of benzene rings is 1. The van der Waals surface area contributed by atoms with Crippen molar-refractivity contribution in [3.63, 3.8) is 0 Å². The van der Waals surface area contributed by atoms with Gasteiger partial charge in [-0.25, -0.2) is 8.42 Å². The Morgan fingerprint density at radius 1 is 1.04 bits per heavy atom. The number of carbonyl (C=O) groups excluding carboxylic acids is 1. The molecule has 0 radical (unpaired) electrons. The number of aromatic nitrogens is 1. The second-order valence-corrected chi connectivity index (χ2v) is 8.03. The monoisotopic (exact) mass is 345 g/mol. The van der Waals surface area contributed by atoms with Crippen molar-refractivity contribution in [2.24, 2.45) is 0 Å². The number of rotatable bonds is 4. The Bertz CT molecular complexity index is 780. The fourth-order valence-electron chi connectivity index (χ4n) is 2.79. The highest BCUT2D eigenvalue weighted by molar-refractivity contribution is 7.91. The molecular formula is C17H19N3O3S. The lowest BCUT2D eigenvalue weighted by molar-refractivity contribution is -0.121. The fraction of sp³-hybridized carbons (Fsp3) is 0.294. The Balaban J connectivity index is 1.84. The third kappa shape index (κ3) is 3.98. The number of pyridine rings is 1. The zero-order valence-corrected chi connectivity index (χ0v) is 13.9. The van der Waals surface area contributed by atoms with E-state index in [2.05, 4.69) is 10.3 Å². The molecule has 3 rings (SSSR count). The van der Waals surface area contributed by atoms with Crippen molar-refractivity contribution in [1.82, 2.24) is 9.88 Å². The van der Waals surface area contributed by atoms with Crippen molar-refractivity contribution in [3.8, 4) is 0 Å². The largest absolute Gasteiger partial charge is 0.324 e. The second-order valence-electron chi connectivity index (χ2n) is 5.73. The van der Waals surface area contributed by atoms with Gasteiger partial charge in [-0.3, -0.25) is 14.7 Å². The molecule has 1 aliphatic rings. The van der Waals surface area contributed by atoms with Crippen LogP contribution in [0.15, 0.2) is 54.9 Å². The average molecular weight is 345 g/mol. The van der Waals surface area contributed by atoms with Gasteiger partial charge in [0.05, 0.1) is 11.5 Å². The molecule has 7 heteroatoms. The third-order valence-corrected chi connectivity index (χ3v) is 5.66. The molecule has 6 nitrogen and oxygen atoms in total. The minimum Gasteiger partial charge on any atom is -0.324 e. The molecule has 0 saturated carbocycles. The molecular weight excluding hydrogens is 326 g/mol. The van der Waals surface area contributed by atoms with Crippen LogP contribution >= 0.6 is 0 Å². The molecule has 1 saturated heterocycles. The zero-order chi connectivity index (χ0) is 17.0. The van der Waals surface area contributed by atoms with E-state index < -0.39 is 15.9 Å². The number of anilines is 1. The van der Waals surface area contributed by atoms with Crippen LogP contribution in [0.3, 0.4) is 0 Å². The minimum atomic E-state index is -3.00. The summed E-state index contributed by atoms with van der Waals surface area (Å²) in [4.78, 5) is 18.7. The van der Waals surface area contributed by atoms with E-state index in [9.17, 15) is 13.2 Å². The molecule has 1 aliphatic heterocycles. The van der Waals surface area contributed by atoms with E-state index in [4.69, 9.17) is 0 Å². The molecule has 1 N–H and O–H groups in total. The van der Waals surface area contributed by atoms with E-state index in [1.807, 2.05) is 35.2 Å². The first-order valence-electron chi connectivity index (χ1n) is 7.75. The molecule has 0 aliphatic carbocycles. The van der Waals surface area contributed by atoms with Crippen molar-refractivity contribution >= 4 is 21.4 Å². The summed E-state index contributed by atoms with van der Waals surface area (Å²) < 4.78 is 23.4. The molecule has 2 aromatic rings. The molecule has 1 atom stereocenters. The third-order valence-electron chi connectivity index (χ3n) is 4.06. The van der Waals surface area contributed by atoms with Crippen LogP contribution in [0, 0.1) is 0 Å². The Kier molecular flexibility index (Phi) is 4.92. The van der Waals surface area contributed by atoms with E-state index in [-0.39, 0.29) is 17.4 Å². The van der Waals surface area contributed by atoms with Gasteiger partial charge in [0.15, 0.2) is 9.84 Å². The first kappa shape index (κ1) is 16.6. The number of hydrogen-bond donors (Lipinski definition) is 1. The highest BCUT2D eigenvalue weighted by Crippen LogP contribution is 2.24. The summed E-state index contributed by atoms with van der Waals surface area (Å²) in [6, 6.07) is 12.4. The lowest BCUT2D eigenvalue weighted by Crippen LogP contribution is -2.46. The van der Waals surface area contributed by atoms with Crippen molar-refractivity contribution in [1.29, 1.82) is 0 Å². The van der Waals surface area contributed by atoms with Gasteiger partial charge in [-0.1, -0.05) is 30.3 Å². The lowest BCUT2D eigenvalue weighted by Gasteiger charge is -2.33. The highest BCUT2D eigenvalue weighted by Gasteiger charge is 2.32. The molecule has 1 unspecified atom stereocenters. The number of hydrogen-bond acceptors (Lipinski definition) is 5. The van der Waals surface area contributed by atoms with Crippen LogP contribution in [-0.4, -0.2) is 48.8 Å². The summed E-state index contributed by atoms with van der Waals surface area (Å²) in [5, 5.41) is 2.89. The van der Waals surface area contributed by atoms with Gasteiger partial charge in [-0.15, -0.1) is 0 Å². The SMILES string of the molecule is O=C(Nc1ccncc1)C(c1ccccc1)N1CCS(=O)(=O)CC1. The summed E-state index contributed by atoms with van der Waals surface area (Å²) in [5.41, 5.74) is 1.52. The van der Waals surface area contributed by atoms with Crippen molar-refractivity contribution in [2.45, 2.75) is 6.04 Å². The normalized spacial score (nSPS) is 18.7. The highest BCUT2D eigenvalue weighted by atomic mass is 32.2.